The van der Waals surface area contributed by atoms with E-state index < -0.39 is 0 Å². The Morgan fingerprint density at radius 1 is 0.857 bits per heavy atom. The lowest BCUT2D eigenvalue weighted by atomic mass is 9.78. The Labute approximate surface area is 132 Å². The van der Waals surface area contributed by atoms with E-state index in [4.69, 9.17) is 0 Å². The van der Waals surface area contributed by atoms with Crippen molar-refractivity contribution in [3.8, 4) is 5.75 Å². The minimum Gasteiger partial charge on any atom is -0.507 e. The molecule has 0 fully saturated rings. The number of hydrogen-bond donors (Lipinski definition) is 1. The van der Waals surface area contributed by atoms with Crippen LogP contribution in [0.1, 0.15) is 91.8 Å². The van der Waals surface area contributed by atoms with E-state index in [9.17, 15) is 5.11 Å². The number of phenols is 1. The van der Waals surface area contributed by atoms with Crippen molar-refractivity contribution in [3.05, 3.63) is 28.8 Å². The van der Waals surface area contributed by atoms with Crippen LogP contribution in [0.2, 0.25) is 0 Å². The van der Waals surface area contributed by atoms with E-state index in [1.165, 1.54) is 18.4 Å². The second-order valence-electron chi connectivity index (χ2n) is 7.64. The second-order valence-corrected chi connectivity index (χ2v) is 7.64. The van der Waals surface area contributed by atoms with Crippen molar-refractivity contribution in [2.75, 3.05) is 0 Å². The molecule has 0 heterocycles. The van der Waals surface area contributed by atoms with Gasteiger partial charge in [0.2, 0.25) is 0 Å². The maximum absolute atomic E-state index is 10.6. The van der Waals surface area contributed by atoms with Crippen molar-refractivity contribution >= 4 is 0 Å². The summed E-state index contributed by atoms with van der Waals surface area (Å²) in [5.74, 6) is 0.486. The Kier molecular flexibility index (Phi) is 7.50. The van der Waals surface area contributed by atoms with E-state index in [0.29, 0.717) is 5.75 Å². The summed E-state index contributed by atoms with van der Waals surface area (Å²) in [4.78, 5) is 0. The van der Waals surface area contributed by atoms with Crippen molar-refractivity contribution in [1.29, 1.82) is 0 Å². The molecule has 0 unspecified atom stereocenters. The number of benzene rings is 1. The largest absolute Gasteiger partial charge is 0.507 e. The fourth-order valence-corrected chi connectivity index (χ4v) is 2.36. The van der Waals surface area contributed by atoms with Crippen LogP contribution in [0.25, 0.3) is 0 Å². The molecule has 1 N–H and O–H groups in total. The predicted molar refractivity (Wildman–Crippen MR) is 95.5 cm³/mol. The number of rotatable bonds is 3. The highest BCUT2D eigenvalue weighted by Crippen LogP contribution is 2.39. The first-order valence-corrected chi connectivity index (χ1v) is 8.44. The first-order chi connectivity index (χ1) is 9.57. The highest BCUT2D eigenvalue weighted by atomic mass is 16.3. The summed E-state index contributed by atoms with van der Waals surface area (Å²) < 4.78 is 0. The van der Waals surface area contributed by atoms with Crippen LogP contribution < -0.4 is 0 Å². The van der Waals surface area contributed by atoms with E-state index in [2.05, 4.69) is 60.6 Å². The van der Waals surface area contributed by atoms with Gasteiger partial charge in [0.05, 0.1) is 0 Å². The molecule has 0 radical (unpaired) electrons. The molecule has 0 aliphatic carbocycles. The third kappa shape index (κ3) is 5.73. The van der Waals surface area contributed by atoms with Gasteiger partial charge in [-0.1, -0.05) is 80.9 Å². The van der Waals surface area contributed by atoms with Crippen LogP contribution in [0.4, 0.5) is 0 Å². The van der Waals surface area contributed by atoms with Gasteiger partial charge < -0.3 is 5.11 Å². The molecular weight excluding hydrogens is 256 g/mol. The van der Waals surface area contributed by atoms with Gasteiger partial charge in [0.1, 0.15) is 5.75 Å². The first-order valence-electron chi connectivity index (χ1n) is 8.44. The molecule has 21 heavy (non-hydrogen) atoms. The SMILES string of the molecule is CC.CCCCc1cc(C(C)(C)C)c(O)c(C(C)(C)C)c1. The molecule has 1 rings (SSSR count). The molecule has 1 nitrogen and oxygen atoms in total. The Balaban J connectivity index is 0.00000191. The van der Waals surface area contributed by atoms with Crippen molar-refractivity contribution in [1.82, 2.24) is 0 Å². The standard InChI is InChI=1S/C18H30O.C2H6/c1-8-9-10-13-11-14(17(2,3)4)16(19)15(12-13)18(5,6)7;1-2/h11-12,19H,8-10H2,1-7H3;1-2H3. The normalized spacial score (nSPS) is 11.9. The van der Waals surface area contributed by atoms with Gasteiger partial charge >= 0.3 is 0 Å². The van der Waals surface area contributed by atoms with Crippen molar-refractivity contribution < 1.29 is 5.11 Å². The quantitative estimate of drug-likeness (QED) is 0.687. The molecule has 1 aromatic carbocycles. The minimum absolute atomic E-state index is 0.0215. The number of hydrogen-bond acceptors (Lipinski definition) is 1. The van der Waals surface area contributed by atoms with Gasteiger partial charge in [-0.25, -0.2) is 0 Å². The third-order valence-electron chi connectivity index (χ3n) is 3.60. The molecule has 0 bridgehead atoms. The van der Waals surface area contributed by atoms with E-state index in [-0.39, 0.29) is 10.8 Å². The lowest BCUT2D eigenvalue weighted by Crippen LogP contribution is -2.17. The lowest BCUT2D eigenvalue weighted by molar-refractivity contribution is 0.422. The molecule has 0 atom stereocenters. The Bertz CT molecular complexity index is 395. The summed E-state index contributed by atoms with van der Waals surface area (Å²) in [5.41, 5.74) is 3.46. The average Bonchev–Trinajstić information content (AvgIpc) is 2.37. The highest BCUT2D eigenvalue weighted by molar-refractivity contribution is 5.49. The summed E-state index contributed by atoms with van der Waals surface area (Å²) in [6.07, 6.45) is 3.51. The van der Waals surface area contributed by atoms with Crippen LogP contribution in [0.3, 0.4) is 0 Å². The molecule has 0 aromatic heterocycles. The van der Waals surface area contributed by atoms with Gasteiger partial charge in [-0.3, -0.25) is 0 Å². The summed E-state index contributed by atoms with van der Waals surface area (Å²) in [6, 6.07) is 4.39. The Morgan fingerprint density at radius 3 is 1.52 bits per heavy atom. The van der Waals surface area contributed by atoms with Crippen LogP contribution in [-0.4, -0.2) is 5.11 Å². The van der Waals surface area contributed by atoms with Gasteiger partial charge in [-0.2, -0.15) is 0 Å². The number of phenolic OH excluding ortho intramolecular Hbond substituents is 1. The highest BCUT2D eigenvalue weighted by Gasteiger charge is 2.26. The third-order valence-corrected chi connectivity index (χ3v) is 3.60. The van der Waals surface area contributed by atoms with Crippen LogP contribution >= 0.6 is 0 Å². The van der Waals surface area contributed by atoms with Crippen LogP contribution in [0.5, 0.6) is 5.75 Å². The van der Waals surface area contributed by atoms with Crippen LogP contribution in [-0.2, 0) is 17.3 Å². The maximum Gasteiger partial charge on any atom is 0.123 e. The molecule has 122 valence electrons. The topological polar surface area (TPSA) is 20.2 Å². The first kappa shape index (κ1) is 20.0. The van der Waals surface area contributed by atoms with Gasteiger partial charge in [-0.05, 0) is 40.4 Å². The fraction of sp³-hybridized carbons (Fsp3) is 0.700. The summed E-state index contributed by atoms with van der Waals surface area (Å²) in [7, 11) is 0. The number of aryl methyl sites for hydroxylation is 1. The molecule has 1 heteroatoms. The van der Waals surface area contributed by atoms with E-state index >= 15 is 0 Å². The molecule has 1 aromatic rings. The fourth-order valence-electron chi connectivity index (χ4n) is 2.36. The van der Waals surface area contributed by atoms with Crippen LogP contribution in [0, 0.1) is 0 Å². The van der Waals surface area contributed by atoms with Crippen molar-refractivity contribution in [3.63, 3.8) is 0 Å². The zero-order valence-electron chi connectivity index (χ0n) is 15.7. The molecule has 0 amide bonds. The zero-order chi connectivity index (χ0) is 16.8. The summed E-state index contributed by atoms with van der Waals surface area (Å²) in [6.45, 7) is 19.2. The number of unbranched alkanes of at least 4 members (excludes halogenated alkanes) is 1. The Morgan fingerprint density at radius 2 is 1.24 bits per heavy atom. The van der Waals surface area contributed by atoms with Gasteiger partial charge in [0, 0.05) is 0 Å². The smallest absolute Gasteiger partial charge is 0.123 e. The molecule has 0 saturated heterocycles. The monoisotopic (exact) mass is 292 g/mol. The zero-order valence-corrected chi connectivity index (χ0v) is 15.7. The summed E-state index contributed by atoms with van der Waals surface area (Å²) >= 11 is 0. The van der Waals surface area contributed by atoms with E-state index in [1.54, 1.807) is 0 Å². The van der Waals surface area contributed by atoms with Gasteiger partial charge in [-0.15, -0.1) is 0 Å². The number of aromatic hydroxyl groups is 1. The summed E-state index contributed by atoms with van der Waals surface area (Å²) in [5, 5.41) is 10.6. The molecule has 0 spiro atoms. The molecule has 0 aliphatic rings. The van der Waals surface area contributed by atoms with Crippen molar-refractivity contribution in [2.45, 2.75) is 92.4 Å². The predicted octanol–water partition coefficient (Wildman–Crippen LogP) is 6.36. The van der Waals surface area contributed by atoms with Crippen molar-refractivity contribution in [2.24, 2.45) is 0 Å². The lowest BCUT2D eigenvalue weighted by Gasteiger charge is -2.28. The second kappa shape index (κ2) is 7.87. The average molecular weight is 293 g/mol. The van der Waals surface area contributed by atoms with Gasteiger partial charge in [0.15, 0.2) is 0 Å². The molecule has 0 aliphatic heterocycles. The molecule has 0 saturated carbocycles. The minimum atomic E-state index is -0.0215. The van der Waals surface area contributed by atoms with Crippen LogP contribution in [0.15, 0.2) is 12.1 Å². The van der Waals surface area contributed by atoms with E-state index in [1.807, 2.05) is 13.8 Å². The maximum atomic E-state index is 10.6. The van der Waals surface area contributed by atoms with E-state index in [0.717, 1.165) is 17.5 Å². The Hall–Kier alpha value is -0.980. The molecular formula is C20H36O. The van der Waals surface area contributed by atoms with Gasteiger partial charge in [0.25, 0.3) is 0 Å².